The fourth-order valence-electron chi connectivity index (χ4n) is 2.13. The average Bonchev–Trinajstić information content (AvgIpc) is 2.30. The Morgan fingerprint density at radius 3 is 2.47 bits per heavy atom. The van der Waals surface area contributed by atoms with Crippen molar-refractivity contribution in [2.75, 3.05) is 13.1 Å². The third kappa shape index (κ3) is 3.43. The number of hydrogen-bond donors (Lipinski definition) is 1. The number of piperidine rings is 1. The third-order valence-electron chi connectivity index (χ3n) is 3.10. The van der Waals surface area contributed by atoms with Crippen molar-refractivity contribution in [3.8, 4) is 0 Å². The highest BCUT2D eigenvalue weighted by atomic mass is 19.4. The molecule has 1 fully saturated rings. The summed E-state index contributed by atoms with van der Waals surface area (Å²) in [5.74, 6) is 0.565. The van der Waals surface area contributed by atoms with Gasteiger partial charge in [0, 0.05) is 6.20 Å². The first-order valence-corrected chi connectivity index (χ1v) is 5.78. The minimum absolute atomic E-state index is 0.565. The lowest BCUT2D eigenvalue weighted by atomic mass is 9.91. The van der Waals surface area contributed by atoms with Crippen LogP contribution in [-0.2, 0) is 12.6 Å². The zero-order valence-corrected chi connectivity index (χ0v) is 9.43. The zero-order valence-electron chi connectivity index (χ0n) is 9.43. The second-order valence-electron chi connectivity index (χ2n) is 4.45. The second-order valence-corrected chi connectivity index (χ2v) is 4.45. The van der Waals surface area contributed by atoms with Crippen LogP contribution in [0.3, 0.4) is 0 Å². The molecular weight excluding hydrogens is 229 g/mol. The van der Waals surface area contributed by atoms with E-state index in [1.807, 2.05) is 0 Å². The first-order valence-electron chi connectivity index (χ1n) is 5.78. The average molecular weight is 244 g/mol. The van der Waals surface area contributed by atoms with Crippen molar-refractivity contribution in [1.29, 1.82) is 0 Å². The van der Waals surface area contributed by atoms with Gasteiger partial charge in [-0.2, -0.15) is 13.2 Å². The van der Waals surface area contributed by atoms with Gasteiger partial charge in [0.05, 0.1) is 0 Å². The van der Waals surface area contributed by atoms with Crippen LogP contribution >= 0.6 is 0 Å². The number of aromatic nitrogens is 1. The van der Waals surface area contributed by atoms with Crippen LogP contribution in [0.5, 0.6) is 0 Å². The minimum Gasteiger partial charge on any atom is -0.317 e. The quantitative estimate of drug-likeness (QED) is 0.865. The molecule has 0 amide bonds. The summed E-state index contributed by atoms with van der Waals surface area (Å²) >= 11 is 0. The molecule has 1 aromatic heterocycles. The van der Waals surface area contributed by atoms with Gasteiger partial charge in [-0.05, 0) is 49.9 Å². The first-order chi connectivity index (χ1) is 8.05. The van der Waals surface area contributed by atoms with Crippen molar-refractivity contribution in [2.24, 2.45) is 5.92 Å². The predicted molar refractivity (Wildman–Crippen MR) is 58.5 cm³/mol. The van der Waals surface area contributed by atoms with Crippen LogP contribution in [0.4, 0.5) is 13.2 Å². The van der Waals surface area contributed by atoms with E-state index >= 15 is 0 Å². The molecule has 0 radical (unpaired) electrons. The Balaban J connectivity index is 1.98. The predicted octanol–water partition coefficient (Wildman–Crippen LogP) is 2.64. The lowest BCUT2D eigenvalue weighted by Crippen LogP contribution is -2.28. The molecule has 1 aromatic rings. The van der Waals surface area contributed by atoms with Crippen molar-refractivity contribution in [3.63, 3.8) is 0 Å². The number of rotatable bonds is 2. The Kier molecular flexibility index (Phi) is 3.66. The summed E-state index contributed by atoms with van der Waals surface area (Å²) in [5, 5.41) is 3.27. The number of pyridine rings is 1. The van der Waals surface area contributed by atoms with Crippen LogP contribution < -0.4 is 5.32 Å². The Hall–Kier alpha value is -1.10. The Morgan fingerprint density at radius 1 is 1.24 bits per heavy atom. The van der Waals surface area contributed by atoms with Gasteiger partial charge in [-0.3, -0.25) is 4.98 Å². The van der Waals surface area contributed by atoms with E-state index in [2.05, 4.69) is 10.3 Å². The first kappa shape index (κ1) is 12.4. The summed E-state index contributed by atoms with van der Waals surface area (Å²) < 4.78 is 36.9. The van der Waals surface area contributed by atoms with Gasteiger partial charge in [-0.1, -0.05) is 6.07 Å². The summed E-state index contributed by atoms with van der Waals surface area (Å²) in [7, 11) is 0. The molecule has 0 bridgehead atoms. The van der Waals surface area contributed by atoms with Gasteiger partial charge in [-0.15, -0.1) is 0 Å². The molecule has 1 aliphatic heterocycles. The number of halogens is 3. The van der Waals surface area contributed by atoms with Crippen molar-refractivity contribution in [1.82, 2.24) is 10.3 Å². The number of hydrogen-bond acceptors (Lipinski definition) is 2. The topological polar surface area (TPSA) is 24.9 Å². The van der Waals surface area contributed by atoms with Crippen molar-refractivity contribution in [2.45, 2.75) is 25.4 Å². The fourth-order valence-corrected chi connectivity index (χ4v) is 2.13. The molecule has 2 nitrogen and oxygen atoms in total. The van der Waals surface area contributed by atoms with Crippen molar-refractivity contribution >= 4 is 0 Å². The number of alkyl halides is 3. The second kappa shape index (κ2) is 5.04. The Labute approximate surface area is 98.2 Å². The SMILES string of the molecule is FC(F)(F)c1ccc(CC2CCNCC2)cn1. The van der Waals surface area contributed by atoms with Gasteiger partial charge < -0.3 is 5.32 Å². The highest BCUT2D eigenvalue weighted by Gasteiger charge is 2.32. The van der Waals surface area contributed by atoms with E-state index in [-0.39, 0.29) is 0 Å². The zero-order chi connectivity index (χ0) is 12.3. The van der Waals surface area contributed by atoms with Crippen LogP contribution in [0.25, 0.3) is 0 Å². The molecule has 5 heteroatoms. The molecule has 2 rings (SSSR count). The van der Waals surface area contributed by atoms with E-state index in [0.29, 0.717) is 5.92 Å². The van der Waals surface area contributed by atoms with Crippen LogP contribution in [0.1, 0.15) is 24.1 Å². The van der Waals surface area contributed by atoms with Crippen LogP contribution in [0, 0.1) is 5.92 Å². The van der Waals surface area contributed by atoms with Gasteiger partial charge in [0.1, 0.15) is 5.69 Å². The van der Waals surface area contributed by atoms with Gasteiger partial charge in [0.25, 0.3) is 0 Å². The van der Waals surface area contributed by atoms with Crippen LogP contribution in [0.2, 0.25) is 0 Å². The molecule has 17 heavy (non-hydrogen) atoms. The van der Waals surface area contributed by atoms with E-state index in [0.717, 1.165) is 44.0 Å². The normalized spacial score (nSPS) is 18.3. The largest absolute Gasteiger partial charge is 0.433 e. The van der Waals surface area contributed by atoms with E-state index in [4.69, 9.17) is 0 Å². The summed E-state index contributed by atoms with van der Waals surface area (Å²) in [4.78, 5) is 3.47. The highest BCUT2D eigenvalue weighted by molar-refractivity contribution is 5.16. The molecule has 0 aliphatic carbocycles. The monoisotopic (exact) mass is 244 g/mol. The lowest BCUT2D eigenvalue weighted by molar-refractivity contribution is -0.141. The molecule has 1 saturated heterocycles. The van der Waals surface area contributed by atoms with Crippen LogP contribution in [0.15, 0.2) is 18.3 Å². The summed E-state index contributed by atoms with van der Waals surface area (Å²) in [6.07, 6.45) is 0.00695. The van der Waals surface area contributed by atoms with Gasteiger partial charge in [-0.25, -0.2) is 0 Å². The fraction of sp³-hybridized carbons (Fsp3) is 0.583. The summed E-state index contributed by atoms with van der Waals surface area (Å²) in [6, 6.07) is 2.61. The molecular formula is C12H15F3N2. The molecule has 0 atom stereocenters. The molecule has 0 spiro atoms. The summed E-state index contributed by atoms with van der Waals surface area (Å²) in [5.41, 5.74) is 0.0801. The molecule has 2 heterocycles. The molecule has 0 saturated carbocycles. The molecule has 1 N–H and O–H groups in total. The maximum Gasteiger partial charge on any atom is 0.433 e. The number of nitrogens with one attached hydrogen (secondary N) is 1. The van der Waals surface area contributed by atoms with Crippen molar-refractivity contribution < 1.29 is 13.2 Å². The number of nitrogens with zero attached hydrogens (tertiary/aromatic N) is 1. The van der Waals surface area contributed by atoms with Gasteiger partial charge in [0.15, 0.2) is 0 Å². The smallest absolute Gasteiger partial charge is 0.317 e. The molecule has 0 aromatic carbocycles. The van der Waals surface area contributed by atoms with Crippen molar-refractivity contribution in [3.05, 3.63) is 29.6 Å². The van der Waals surface area contributed by atoms with E-state index in [9.17, 15) is 13.2 Å². The van der Waals surface area contributed by atoms with E-state index in [1.165, 1.54) is 12.3 Å². The Morgan fingerprint density at radius 2 is 1.94 bits per heavy atom. The maximum absolute atomic E-state index is 12.3. The van der Waals surface area contributed by atoms with E-state index in [1.54, 1.807) is 0 Å². The third-order valence-corrected chi connectivity index (χ3v) is 3.10. The van der Waals surface area contributed by atoms with Gasteiger partial charge >= 0.3 is 6.18 Å². The maximum atomic E-state index is 12.3. The standard InChI is InChI=1S/C12H15F3N2/c13-12(14,15)11-2-1-10(8-17-11)7-9-3-5-16-6-4-9/h1-2,8-9,16H,3-7H2. The minimum atomic E-state index is -4.34. The Bertz CT molecular complexity index is 353. The lowest BCUT2D eigenvalue weighted by Gasteiger charge is -2.22. The van der Waals surface area contributed by atoms with Crippen LogP contribution in [-0.4, -0.2) is 18.1 Å². The molecule has 0 unspecified atom stereocenters. The molecule has 1 aliphatic rings. The highest BCUT2D eigenvalue weighted by Crippen LogP contribution is 2.27. The summed E-state index contributed by atoms with van der Waals surface area (Å²) in [6.45, 7) is 2.00. The molecule has 94 valence electrons. The van der Waals surface area contributed by atoms with Gasteiger partial charge in [0.2, 0.25) is 0 Å². The van der Waals surface area contributed by atoms with E-state index < -0.39 is 11.9 Å².